The Kier molecular flexibility index (Phi) is 7.07. The molecule has 31 heavy (non-hydrogen) atoms. The van der Waals surface area contributed by atoms with Crippen LogP contribution in [0.1, 0.15) is 58.0 Å². The second kappa shape index (κ2) is 9.93. The molecule has 0 aliphatic carbocycles. The summed E-state index contributed by atoms with van der Waals surface area (Å²) in [5.41, 5.74) is 2.96. The molecule has 0 aliphatic rings. The number of rotatable bonds is 8. The van der Waals surface area contributed by atoms with Gasteiger partial charge in [-0.05, 0) is 57.5 Å². The van der Waals surface area contributed by atoms with Crippen molar-refractivity contribution in [2.24, 2.45) is 0 Å². The van der Waals surface area contributed by atoms with Gasteiger partial charge in [0.1, 0.15) is 18.1 Å². The third kappa shape index (κ3) is 5.51. The van der Waals surface area contributed by atoms with Crippen LogP contribution in [-0.2, 0) is 6.61 Å². The van der Waals surface area contributed by atoms with E-state index in [0.717, 1.165) is 17.7 Å². The summed E-state index contributed by atoms with van der Waals surface area (Å²) in [5, 5.41) is 9.67. The van der Waals surface area contributed by atoms with Crippen molar-refractivity contribution in [2.45, 2.75) is 46.8 Å². The maximum absolute atomic E-state index is 12.8. The van der Waals surface area contributed by atoms with E-state index in [4.69, 9.17) is 9.26 Å². The van der Waals surface area contributed by atoms with Crippen molar-refractivity contribution in [2.75, 3.05) is 5.32 Å². The van der Waals surface area contributed by atoms with E-state index in [1.807, 2.05) is 27.7 Å². The lowest BCUT2D eigenvalue weighted by atomic mass is 10.1. The topological polar surface area (TPSA) is 93.5 Å². The standard InChI is InChI=1S/C24H27N3O4/c1-5-15(2)25-24(29)20-11-6-7-12-22(20)26-23(28)18-9-8-10-19(13-18)30-14-21-16(3)27-31-17(21)4/h6-13,15H,5,14H2,1-4H3,(H,25,29)(H,26,28). The predicted molar refractivity (Wildman–Crippen MR) is 118 cm³/mol. The molecule has 162 valence electrons. The van der Waals surface area contributed by atoms with Crippen molar-refractivity contribution in [3.8, 4) is 5.75 Å². The summed E-state index contributed by atoms with van der Waals surface area (Å²) in [7, 11) is 0. The molecule has 7 nitrogen and oxygen atoms in total. The van der Waals surface area contributed by atoms with Crippen LogP contribution < -0.4 is 15.4 Å². The van der Waals surface area contributed by atoms with E-state index in [-0.39, 0.29) is 17.9 Å². The van der Waals surface area contributed by atoms with Crippen LogP contribution in [0.5, 0.6) is 5.75 Å². The number of hydrogen-bond donors (Lipinski definition) is 2. The van der Waals surface area contributed by atoms with E-state index in [1.165, 1.54) is 0 Å². The molecule has 0 aliphatic heterocycles. The second-order valence-electron chi connectivity index (χ2n) is 7.40. The van der Waals surface area contributed by atoms with Gasteiger partial charge in [-0.25, -0.2) is 0 Å². The summed E-state index contributed by atoms with van der Waals surface area (Å²) in [5.74, 6) is 0.711. The highest BCUT2D eigenvalue weighted by atomic mass is 16.5. The quantitative estimate of drug-likeness (QED) is 0.552. The Morgan fingerprint density at radius 2 is 1.87 bits per heavy atom. The SMILES string of the molecule is CCC(C)NC(=O)c1ccccc1NC(=O)c1cccc(OCc2c(C)noc2C)c1. The monoisotopic (exact) mass is 421 g/mol. The third-order valence-electron chi connectivity index (χ3n) is 5.07. The number of anilines is 1. The van der Waals surface area contributed by atoms with Gasteiger partial charge in [-0.1, -0.05) is 30.3 Å². The molecular formula is C24H27N3O4. The number of amides is 2. The molecule has 0 saturated carbocycles. The van der Waals surface area contributed by atoms with Crippen LogP contribution in [0.25, 0.3) is 0 Å². The zero-order valence-corrected chi connectivity index (χ0v) is 18.2. The second-order valence-corrected chi connectivity index (χ2v) is 7.40. The smallest absolute Gasteiger partial charge is 0.255 e. The first-order valence-electron chi connectivity index (χ1n) is 10.2. The Morgan fingerprint density at radius 1 is 1.10 bits per heavy atom. The highest BCUT2D eigenvalue weighted by Gasteiger charge is 2.16. The van der Waals surface area contributed by atoms with Crippen molar-refractivity contribution in [1.82, 2.24) is 10.5 Å². The van der Waals surface area contributed by atoms with Gasteiger partial charge < -0.3 is 19.9 Å². The summed E-state index contributed by atoms with van der Waals surface area (Å²) in [6.07, 6.45) is 0.820. The minimum absolute atomic E-state index is 0.0442. The van der Waals surface area contributed by atoms with Crippen LogP contribution in [-0.4, -0.2) is 23.0 Å². The Labute approximate surface area is 181 Å². The maximum atomic E-state index is 12.8. The van der Waals surface area contributed by atoms with Crippen molar-refractivity contribution < 1.29 is 18.8 Å². The number of aryl methyl sites for hydroxylation is 2. The van der Waals surface area contributed by atoms with Gasteiger partial charge in [0, 0.05) is 11.6 Å². The molecule has 7 heteroatoms. The zero-order valence-electron chi connectivity index (χ0n) is 18.2. The number of carbonyl (C=O) groups excluding carboxylic acids is 2. The van der Waals surface area contributed by atoms with Crippen molar-refractivity contribution >= 4 is 17.5 Å². The molecule has 1 heterocycles. The molecule has 0 spiro atoms. The molecule has 0 bridgehead atoms. The van der Waals surface area contributed by atoms with Gasteiger partial charge in [-0.3, -0.25) is 9.59 Å². The largest absolute Gasteiger partial charge is 0.489 e. The van der Waals surface area contributed by atoms with Crippen LogP contribution in [0.3, 0.4) is 0 Å². The fourth-order valence-electron chi connectivity index (χ4n) is 2.98. The fraction of sp³-hybridized carbons (Fsp3) is 0.292. The summed E-state index contributed by atoms with van der Waals surface area (Å²) in [6.45, 7) is 7.92. The van der Waals surface area contributed by atoms with E-state index in [1.54, 1.807) is 48.5 Å². The van der Waals surface area contributed by atoms with Crippen LogP contribution in [0.2, 0.25) is 0 Å². The lowest BCUT2D eigenvalue weighted by Gasteiger charge is -2.15. The lowest BCUT2D eigenvalue weighted by molar-refractivity contribution is 0.0940. The number of aromatic nitrogens is 1. The lowest BCUT2D eigenvalue weighted by Crippen LogP contribution is -2.32. The van der Waals surface area contributed by atoms with E-state index >= 15 is 0 Å². The molecule has 2 N–H and O–H groups in total. The highest BCUT2D eigenvalue weighted by Crippen LogP contribution is 2.21. The molecule has 2 aromatic carbocycles. The zero-order chi connectivity index (χ0) is 22.4. The van der Waals surface area contributed by atoms with E-state index in [2.05, 4.69) is 15.8 Å². The molecule has 1 atom stereocenters. The van der Waals surface area contributed by atoms with Crippen LogP contribution in [0, 0.1) is 13.8 Å². The van der Waals surface area contributed by atoms with Gasteiger partial charge in [0.05, 0.1) is 22.5 Å². The Morgan fingerprint density at radius 3 is 2.58 bits per heavy atom. The number of carbonyl (C=O) groups is 2. The average molecular weight is 421 g/mol. The third-order valence-corrected chi connectivity index (χ3v) is 5.07. The predicted octanol–water partition coefficient (Wildman–Crippen LogP) is 4.65. The Balaban J connectivity index is 1.72. The van der Waals surface area contributed by atoms with Gasteiger partial charge in [0.2, 0.25) is 0 Å². The van der Waals surface area contributed by atoms with Gasteiger partial charge in [0.15, 0.2) is 0 Å². The molecule has 1 aromatic heterocycles. The first-order valence-corrected chi connectivity index (χ1v) is 10.2. The first kappa shape index (κ1) is 22.1. The van der Waals surface area contributed by atoms with Crippen molar-refractivity contribution in [3.63, 3.8) is 0 Å². The Bertz CT molecular complexity index is 1050. The van der Waals surface area contributed by atoms with Gasteiger partial charge in [0.25, 0.3) is 11.8 Å². The molecule has 1 unspecified atom stereocenters. The van der Waals surface area contributed by atoms with Crippen molar-refractivity contribution in [1.29, 1.82) is 0 Å². The van der Waals surface area contributed by atoms with Gasteiger partial charge in [-0.15, -0.1) is 0 Å². The van der Waals surface area contributed by atoms with Gasteiger partial charge >= 0.3 is 0 Å². The van der Waals surface area contributed by atoms with Crippen LogP contribution in [0.15, 0.2) is 53.1 Å². The summed E-state index contributed by atoms with van der Waals surface area (Å²) in [4.78, 5) is 25.4. The number of nitrogens with one attached hydrogen (secondary N) is 2. The summed E-state index contributed by atoms with van der Waals surface area (Å²) in [6, 6.07) is 13.9. The number of para-hydroxylation sites is 1. The van der Waals surface area contributed by atoms with Gasteiger partial charge in [-0.2, -0.15) is 0 Å². The van der Waals surface area contributed by atoms with Crippen molar-refractivity contribution in [3.05, 3.63) is 76.7 Å². The highest BCUT2D eigenvalue weighted by molar-refractivity contribution is 6.09. The molecular weight excluding hydrogens is 394 g/mol. The minimum Gasteiger partial charge on any atom is -0.489 e. The first-order chi connectivity index (χ1) is 14.9. The molecule has 3 rings (SSSR count). The van der Waals surface area contributed by atoms with Crippen LogP contribution in [0.4, 0.5) is 5.69 Å². The molecule has 3 aromatic rings. The normalized spacial score (nSPS) is 11.6. The number of nitrogens with zero attached hydrogens (tertiary/aromatic N) is 1. The summed E-state index contributed by atoms with van der Waals surface area (Å²) < 4.78 is 11.0. The van der Waals surface area contributed by atoms with Crippen LogP contribution >= 0.6 is 0 Å². The van der Waals surface area contributed by atoms with E-state index in [9.17, 15) is 9.59 Å². The fourth-order valence-corrected chi connectivity index (χ4v) is 2.98. The Hall–Kier alpha value is -3.61. The maximum Gasteiger partial charge on any atom is 0.255 e. The number of hydrogen-bond acceptors (Lipinski definition) is 5. The average Bonchev–Trinajstić information content (AvgIpc) is 3.09. The molecule has 0 fully saturated rings. The van der Waals surface area contributed by atoms with E-state index in [0.29, 0.717) is 34.9 Å². The summed E-state index contributed by atoms with van der Waals surface area (Å²) >= 11 is 0. The molecule has 0 radical (unpaired) electrons. The molecule has 0 saturated heterocycles. The van der Waals surface area contributed by atoms with E-state index < -0.39 is 0 Å². The number of ether oxygens (including phenoxy) is 1. The minimum atomic E-state index is -0.327. The number of benzene rings is 2. The molecule has 2 amide bonds.